The zero-order chi connectivity index (χ0) is 26.8. The van der Waals surface area contributed by atoms with E-state index >= 15 is 0 Å². The highest BCUT2D eigenvalue weighted by molar-refractivity contribution is 7.98. The van der Waals surface area contributed by atoms with Crippen molar-refractivity contribution >= 4 is 46.4 Å². The number of hydrogen-bond acceptors (Lipinski definition) is 6. The van der Waals surface area contributed by atoms with Crippen molar-refractivity contribution in [3.63, 3.8) is 0 Å². The van der Waals surface area contributed by atoms with E-state index in [-0.39, 0.29) is 18.8 Å². The Hall–Kier alpha value is -3.05. The van der Waals surface area contributed by atoms with Crippen LogP contribution >= 0.6 is 11.8 Å². The van der Waals surface area contributed by atoms with Gasteiger partial charge in [0.2, 0.25) is 17.7 Å². The number of H-pyrrole nitrogens is 1. The molecule has 0 radical (unpaired) electrons. The number of hydrogen-bond donors (Lipinski definition) is 6. The molecule has 0 fully saturated rings. The van der Waals surface area contributed by atoms with Gasteiger partial charge in [0.05, 0.1) is 6.04 Å². The molecule has 0 aliphatic carbocycles. The summed E-state index contributed by atoms with van der Waals surface area (Å²) in [6.45, 7) is 5.24. The van der Waals surface area contributed by atoms with Gasteiger partial charge in [0.15, 0.2) is 0 Å². The van der Waals surface area contributed by atoms with Gasteiger partial charge in [-0.05, 0) is 42.9 Å². The molecule has 2 aromatic rings. The highest BCUT2D eigenvalue weighted by Crippen LogP contribution is 2.20. The van der Waals surface area contributed by atoms with Crippen LogP contribution in [0.15, 0.2) is 30.5 Å². The average molecular weight is 520 g/mol. The number of amides is 3. The van der Waals surface area contributed by atoms with E-state index in [0.29, 0.717) is 12.2 Å². The standard InChI is InChI=1S/C25H37N5O5S/c1-5-14(2)21(30-22(31)15(3)26)24(33)29-20(23(32)28-19(25(34)35)10-11-36-4)12-16-13-27-18-9-7-6-8-17(16)18/h6-9,13-15,19-21,27H,5,10-12,26H2,1-4H3,(H,28,32)(H,29,33)(H,30,31)(H,34,35). The molecule has 5 atom stereocenters. The number of carbonyl (C=O) groups excluding carboxylic acids is 3. The van der Waals surface area contributed by atoms with E-state index in [0.717, 1.165) is 16.5 Å². The van der Waals surface area contributed by atoms with Crippen molar-refractivity contribution in [1.82, 2.24) is 20.9 Å². The molecule has 10 nitrogen and oxygen atoms in total. The molecule has 1 aromatic heterocycles. The minimum atomic E-state index is -1.14. The van der Waals surface area contributed by atoms with Gasteiger partial charge >= 0.3 is 5.97 Å². The largest absolute Gasteiger partial charge is 0.480 e. The van der Waals surface area contributed by atoms with Crippen molar-refractivity contribution in [2.45, 2.75) is 64.2 Å². The summed E-state index contributed by atoms with van der Waals surface area (Å²) in [5.74, 6) is -2.43. The Morgan fingerprint density at radius 3 is 2.31 bits per heavy atom. The van der Waals surface area contributed by atoms with Crippen LogP contribution in [-0.2, 0) is 25.6 Å². The second-order valence-electron chi connectivity index (χ2n) is 8.97. The number of nitrogens with one attached hydrogen (secondary N) is 4. The van der Waals surface area contributed by atoms with E-state index in [1.807, 2.05) is 44.4 Å². The molecule has 0 saturated carbocycles. The number of carboxylic acid groups (broad SMARTS) is 1. The van der Waals surface area contributed by atoms with Crippen LogP contribution in [0.2, 0.25) is 0 Å². The number of carbonyl (C=O) groups is 4. The summed E-state index contributed by atoms with van der Waals surface area (Å²) in [6, 6.07) is 3.70. The molecule has 1 heterocycles. The molecule has 1 aromatic carbocycles. The SMILES string of the molecule is CCC(C)C(NC(=O)C(C)N)C(=O)NC(Cc1c[nH]c2ccccc12)C(=O)NC(CCSC)C(=O)O. The Labute approximate surface area is 215 Å². The zero-order valence-electron chi connectivity index (χ0n) is 21.2. The minimum Gasteiger partial charge on any atom is -0.480 e. The van der Waals surface area contributed by atoms with Crippen LogP contribution in [0.4, 0.5) is 0 Å². The Balaban J connectivity index is 2.33. The smallest absolute Gasteiger partial charge is 0.326 e. The van der Waals surface area contributed by atoms with Crippen molar-refractivity contribution in [2.75, 3.05) is 12.0 Å². The lowest BCUT2D eigenvalue weighted by Gasteiger charge is -2.27. The van der Waals surface area contributed by atoms with Gasteiger partial charge in [-0.15, -0.1) is 0 Å². The fourth-order valence-corrected chi connectivity index (χ4v) is 4.21. The quantitative estimate of drug-likeness (QED) is 0.219. The van der Waals surface area contributed by atoms with Gasteiger partial charge in [0.25, 0.3) is 0 Å². The number of benzene rings is 1. The number of para-hydroxylation sites is 1. The minimum absolute atomic E-state index is 0.130. The molecule has 11 heteroatoms. The van der Waals surface area contributed by atoms with E-state index in [1.54, 1.807) is 6.20 Å². The van der Waals surface area contributed by atoms with Crippen LogP contribution in [-0.4, -0.2) is 70.0 Å². The third-order valence-electron chi connectivity index (χ3n) is 6.16. The molecule has 0 spiro atoms. The average Bonchev–Trinajstić information content (AvgIpc) is 3.26. The van der Waals surface area contributed by atoms with Crippen molar-refractivity contribution in [1.29, 1.82) is 0 Å². The van der Waals surface area contributed by atoms with Gasteiger partial charge in [0.1, 0.15) is 18.1 Å². The van der Waals surface area contributed by atoms with Crippen molar-refractivity contribution < 1.29 is 24.3 Å². The monoisotopic (exact) mass is 519 g/mol. The molecule has 5 unspecified atom stereocenters. The van der Waals surface area contributed by atoms with Crippen molar-refractivity contribution in [2.24, 2.45) is 11.7 Å². The third-order valence-corrected chi connectivity index (χ3v) is 6.81. The Bertz CT molecular complexity index is 1060. The van der Waals surface area contributed by atoms with E-state index in [4.69, 9.17) is 5.73 Å². The summed E-state index contributed by atoms with van der Waals surface area (Å²) in [7, 11) is 0. The summed E-state index contributed by atoms with van der Waals surface area (Å²) in [5, 5.41) is 18.5. The first kappa shape index (κ1) is 29.2. The van der Waals surface area contributed by atoms with E-state index in [9.17, 15) is 24.3 Å². The predicted molar refractivity (Wildman–Crippen MR) is 142 cm³/mol. The van der Waals surface area contributed by atoms with Crippen LogP contribution in [0.1, 0.15) is 39.2 Å². The zero-order valence-corrected chi connectivity index (χ0v) is 22.0. The summed E-state index contributed by atoms with van der Waals surface area (Å²) < 4.78 is 0. The van der Waals surface area contributed by atoms with Gasteiger partial charge in [-0.1, -0.05) is 38.5 Å². The van der Waals surface area contributed by atoms with Crippen LogP contribution in [0.3, 0.4) is 0 Å². The highest BCUT2D eigenvalue weighted by Gasteiger charge is 2.32. The fourth-order valence-electron chi connectivity index (χ4n) is 3.74. The number of nitrogens with two attached hydrogens (primary N) is 1. The molecular weight excluding hydrogens is 482 g/mol. The van der Waals surface area contributed by atoms with Gasteiger partial charge < -0.3 is 31.8 Å². The molecule has 36 heavy (non-hydrogen) atoms. The molecule has 198 valence electrons. The molecule has 0 bridgehead atoms. The summed E-state index contributed by atoms with van der Waals surface area (Å²) in [6.07, 6.45) is 4.60. The molecule has 2 rings (SSSR count). The predicted octanol–water partition coefficient (Wildman–Crippen LogP) is 1.40. The topological polar surface area (TPSA) is 166 Å². The lowest BCUT2D eigenvalue weighted by molar-refractivity contribution is -0.142. The number of aromatic amines is 1. The number of fused-ring (bicyclic) bond motifs is 1. The van der Waals surface area contributed by atoms with Crippen LogP contribution in [0, 0.1) is 5.92 Å². The molecule has 0 aliphatic heterocycles. The van der Waals surface area contributed by atoms with Gasteiger partial charge in [-0.25, -0.2) is 4.79 Å². The summed E-state index contributed by atoms with van der Waals surface area (Å²) >= 11 is 1.48. The highest BCUT2D eigenvalue weighted by atomic mass is 32.2. The Kier molecular flexibility index (Phi) is 11.3. The van der Waals surface area contributed by atoms with E-state index in [1.165, 1.54) is 18.7 Å². The molecule has 0 saturated heterocycles. The molecular formula is C25H37N5O5S. The maximum atomic E-state index is 13.3. The number of aliphatic carboxylic acids is 1. The Morgan fingerprint density at radius 2 is 1.69 bits per heavy atom. The second-order valence-corrected chi connectivity index (χ2v) is 9.95. The lowest BCUT2D eigenvalue weighted by Crippen LogP contribution is -2.58. The summed E-state index contributed by atoms with van der Waals surface area (Å²) in [5.41, 5.74) is 7.34. The van der Waals surface area contributed by atoms with Crippen molar-refractivity contribution in [3.05, 3.63) is 36.0 Å². The first-order chi connectivity index (χ1) is 17.1. The van der Waals surface area contributed by atoms with Gasteiger partial charge in [-0.3, -0.25) is 14.4 Å². The van der Waals surface area contributed by atoms with Crippen LogP contribution in [0.5, 0.6) is 0 Å². The first-order valence-corrected chi connectivity index (χ1v) is 13.4. The molecule has 7 N–H and O–H groups in total. The number of thioether (sulfide) groups is 1. The number of aromatic nitrogens is 1. The number of rotatable bonds is 14. The van der Waals surface area contributed by atoms with Crippen molar-refractivity contribution in [3.8, 4) is 0 Å². The van der Waals surface area contributed by atoms with E-state index < -0.39 is 47.9 Å². The van der Waals surface area contributed by atoms with Gasteiger partial charge in [0, 0.05) is 23.5 Å². The van der Waals surface area contributed by atoms with Crippen LogP contribution in [0.25, 0.3) is 10.9 Å². The first-order valence-electron chi connectivity index (χ1n) is 12.0. The van der Waals surface area contributed by atoms with Crippen LogP contribution < -0.4 is 21.7 Å². The number of carboxylic acids is 1. The fraction of sp³-hybridized carbons (Fsp3) is 0.520. The Morgan fingerprint density at radius 1 is 1.03 bits per heavy atom. The maximum Gasteiger partial charge on any atom is 0.326 e. The molecule has 0 aliphatic rings. The lowest BCUT2D eigenvalue weighted by atomic mass is 9.96. The maximum absolute atomic E-state index is 13.3. The van der Waals surface area contributed by atoms with Gasteiger partial charge in [-0.2, -0.15) is 11.8 Å². The summed E-state index contributed by atoms with van der Waals surface area (Å²) in [4.78, 5) is 53.8. The normalized spacial score (nSPS) is 15.4. The second kappa shape index (κ2) is 13.9. The third kappa shape index (κ3) is 7.99. The van der Waals surface area contributed by atoms with E-state index in [2.05, 4.69) is 20.9 Å². The molecule has 3 amide bonds.